The zero-order valence-corrected chi connectivity index (χ0v) is 40.1. The van der Waals surface area contributed by atoms with E-state index in [1.54, 1.807) is 0 Å². The highest BCUT2D eigenvalue weighted by molar-refractivity contribution is 5.71. The van der Waals surface area contributed by atoms with E-state index in [1.165, 1.54) is 77.0 Å². The quantitative estimate of drug-likeness (QED) is 0.0263. The Labute approximate surface area is 381 Å². The Hall–Kier alpha value is -3.67. The van der Waals surface area contributed by atoms with E-state index in [-0.39, 0.29) is 31.6 Å². The van der Waals surface area contributed by atoms with E-state index in [4.69, 9.17) is 14.2 Å². The van der Waals surface area contributed by atoms with Crippen molar-refractivity contribution in [1.82, 2.24) is 0 Å². The maximum Gasteiger partial charge on any atom is 0.306 e. The predicted octanol–water partition coefficient (Wildman–Crippen LogP) is 16.6. The molecule has 0 heterocycles. The van der Waals surface area contributed by atoms with E-state index in [9.17, 15) is 14.4 Å². The predicted molar refractivity (Wildman–Crippen MR) is 265 cm³/mol. The number of hydrogen-bond donors (Lipinski definition) is 0. The maximum atomic E-state index is 12.7. The Kier molecular flexibility index (Phi) is 47.0. The van der Waals surface area contributed by atoms with Gasteiger partial charge in [0.1, 0.15) is 13.2 Å². The minimum Gasteiger partial charge on any atom is -0.462 e. The van der Waals surface area contributed by atoms with Gasteiger partial charge in [0, 0.05) is 19.3 Å². The number of carbonyl (C=O) groups is 3. The molecule has 0 saturated carbocycles. The van der Waals surface area contributed by atoms with Gasteiger partial charge in [0.05, 0.1) is 0 Å². The van der Waals surface area contributed by atoms with Crippen LogP contribution in [0.15, 0.2) is 97.2 Å². The smallest absolute Gasteiger partial charge is 0.306 e. The topological polar surface area (TPSA) is 78.9 Å². The van der Waals surface area contributed by atoms with Crippen LogP contribution in [0.25, 0.3) is 0 Å². The summed E-state index contributed by atoms with van der Waals surface area (Å²) in [7, 11) is 0. The van der Waals surface area contributed by atoms with Gasteiger partial charge in [-0.15, -0.1) is 0 Å². The molecule has 352 valence electrons. The molecule has 6 nitrogen and oxygen atoms in total. The number of carbonyl (C=O) groups excluding carboxylic acids is 3. The first-order chi connectivity index (χ1) is 30.5. The molecule has 0 aliphatic rings. The Bertz CT molecular complexity index is 1260. The molecule has 0 bridgehead atoms. The van der Waals surface area contributed by atoms with E-state index >= 15 is 0 Å². The largest absolute Gasteiger partial charge is 0.462 e. The Morgan fingerprint density at radius 1 is 0.339 bits per heavy atom. The van der Waals surface area contributed by atoms with Crippen LogP contribution in [0.1, 0.15) is 220 Å². The number of rotatable bonds is 44. The van der Waals surface area contributed by atoms with Crippen LogP contribution >= 0.6 is 0 Å². The molecule has 0 saturated heterocycles. The van der Waals surface area contributed by atoms with Gasteiger partial charge < -0.3 is 14.2 Å². The second-order valence-corrected chi connectivity index (χ2v) is 16.3. The number of allylic oxidation sites excluding steroid dienone is 16. The van der Waals surface area contributed by atoms with Gasteiger partial charge in [-0.25, -0.2) is 0 Å². The van der Waals surface area contributed by atoms with Crippen LogP contribution in [0.5, 0.6) is 0 Å². The number of unbranched alkanes of at least 4 members (excludes halogenated alkanes) is 17. The monoisotopic (exact) mass is 861 g/mol. The average Bonchev–Trinajstić information content (AvgIpc) is 3.27. The van der Waals surface area contributed by atoms with E-state index in [0.29, 0.717) is 19.3 Å². The van der Waals surface area contributed by atoms with Crippen molar-refractivity contribution in [3.05, 3.63) is 97.2 Å². The fraction of sp³-hybridized carbons (Fsp3) is 0.661. The number of hydrogen-bond acceptors (Lipinski definition) is 6. The first-order valence-corrected chi connectivity index (χ1v) is 25.2. The summed E-state index contributed by atoms with van der Waals surface area (Å²) in [4.78, 5) is 37.8. The second kappa shape index (κ2) is 50.0. The third-order valence-electron chi connectivity index (χ3n) is 10.3. The summed E-state index contributed by atoms with van der Waals surface area (Å²) < 4.78 is 16.7. The van der Waals surface area contributed by atoms with Gasteiger partial charge in [-0.2, -0.15) is 0 Å². The Morgan fingerprint density at radius 3 is 1.05 bits per heavy atom. The van der Waals surface area contributed by atoms with E-state index in [0.717, 1.165) is 96.3 Å². The first kappa shape index (κ1) is 58.3. The van der Waals surface area contributed by atoms with Crippen LogP contribution in [-0.2, 0) is 28.6 Å². The lowest BCUT2D eigenvalue weighted by Crippen LogP contribution is -2.30. The fourth-order valence-electron chi connectivity index (χ4n) is 6.62. The fourth-order valence-corrected chi connectivity index (χ4v) is 6.62. The Morgan fingerprint density at radius 2 is 0.661 bits per heavy atom. The molecule has 0 N–H and O–H groups in total. The molecule has 0 amide bonds. The lowest BCUT2D eigenvalue weighted by Gasteiger charge is -2.18. The highest BCUT2D eigenvalue weighted by Crippen LogP contribution is 2.14. The van der Waals surface area contributed by atoms with Crippen LogP contribution in [-0.4, -0.2) is 37.2 Å². The van der Waals surface area contributed by atoms with Gasteiger partial charge in [0.15, 0.2) is 6.10 Å². The standard InChI is InChI=1S/C56H92O6/c1-4-7-10-13-16-19-22-24-25-26-27-28-29-30-31-33-34-37-40-43-46-49-55(58)61-52-53(51-60-54(57)48-45-42-39-36-21-18-15-12-9-6-3)62-56(59)50-47-44-41-38-35-32-23-20-17-14-11-8-5-2/h7-8,10-11,16-17,19-20,24-25,27-28,32,35,41,44,53H,4-6,9,12-15,18,21-23,26,29-31,33-34,36-40,42-43,45-52H2,1-3H3/b10-7-,11-8-,19-16-,20-17-,25-24-,28-27-,35-32-,44-41-. The lowest BCUT2D eigenvalue weighted by molar-refractivity contribution is -0.166. The van der Waals surface area contributed by atoms with Crippen LogP contribution in [0.3, 0.4) is 0 Å². The Balaban J connectivity index is 4.40. The highest BCUT2D eigenvalue weighted by Gasteiger charge is 2.19. The number of esters is 3. The molecule has 0 aliphatic heterocycles. The third kappa shape index (κ3) is 47.4. The van der Waals surface area contributed by atoms with Gasteiger partial charge in [0.2, 0.25) is 0 Å². The summed E-state index contributed by atoms with van der Waals surface area (Å²) >= 11 is 0. The molecule has 0 aromatic heterocycles. The molecule has 1 unspecified atom stereocenters. The van der Waals surface area contributed by atoms with Crippen molar-refractivity contribution in [2.45, 2.75) is 226 Å². The molecule has 1 atom stereocenters. The van der Waals surface area contributed by atoms with Crippen LogP contribution in [0, 0.1) is 0 Å². The minimum absolute atomic E-state index is 0.108. The van der Waals surface area contributed by atoms with Crippen LogP contribution in [0.4, 0.5) is 0 Å². The molecule has 0 radical (unpaired) electrons. The summed E-state index contributed by atoms with van der Waals surface area (Å²) in [5.74, 6) is -1.00. The summed E-state index contributed by atoms with van der Waals surface area (Å²) in [6, 6.07) is 0. The molecular weight excluding hydrogens is 769 g/mol. The van der Waals surface area contributed by atoms with Crippen molar-refractivity contribution in [3.63, 3.8) is 0 Å². The maximum absolute atomic E-state index is 12.7. The normalized spacial score (nSPS) is 12.9. The average molecular weight is 861 g/mol. The summed E-state index contributed by atoms with van der Waals surface area (Å²) in [6.45, 7) is 6.31. The summed E-state index contributed by atoms with van der Waals surface area (Å²) in [5, 5.41) is 0. The van der Waals surface area contributed by atoms with Crippen molar-refractivity contribution in [3.8, 4) is 0 Å². The second-order valence-electron chi connectivity index (χ2n) is 16.3. The molecule has 0 aliphatic carbocycles. The third-order valence-corrected chi connectivity index (χ3v) is 10.3. The van der Waals surface area contributed by atoms with Crippen molar-refractivity contribution in [1.29, 1.82) is 0 Å². The van der Waals surface area contributed by atoms with E-state index < -0.39 is 12.1 Å². The summed E-state index contributed by atoms with van der Waals surface area (Å²) in [5.41, 5.74) is 0. The van der Waals surface area contributed by atoms with Crippen LogP contribution in [0.2, 0.25) is 0 Å². The molecule has 0 rings (SSSR count). The van der Waals surface area contributed by atoms with Crippen molar-refractivity contribution >= 4 is 17.9 Å². The van der Waals surface area contributed by atoms with Crippen molar-refractivity contribution in [2.24, 2.45) is 0 Å². The van der Waals surface area contributed by atoms with E-state index in [2.05, 4.69) is 106 Å². The van der Waals surface area contributed by atoms with Gasteiger partial charge in [-0.05, 0) is 83.5 Å². The molecule has 0 fully saturated rings. The zero-order chi connectivity index (χ0) is 45.1. The van der Waals surface area contributed by atoms with Crippen molar-refractivity contribution < 1.29 is 28.6 Å². The first-order valence-electron chi connectivity index (χ1n) is 25.2. The molecule has 0 aromatic carbocycles. The number of ether oxygens (including phenoxy) is 3. The molecule has 62 heavy (non-hydrogen) atoms. The van der Waals surface area contributed by atoms with Gasteiger partial charge >= 0.3 is 17.9 Å². The van der Waals surface area contributed by atoms with Crippen molar-refractivity contribution in [2.75, 3.05) is 13.2 Å². The van der Waals surface area contributed by atoms with Gasteiger partial charge in [0.25, 0.3) is 0 Å². The summed E-state index contributed by atoms with van der Waals surface area (Å²) in [6.07, 6.45) is 65.5. The lowest BCUT2D eigenvalue weighted by atomic mass is 10.1. The SMILES string of the molecule is CC/C=C\C/C=C\C/C=C\C/C=C\CCCCCCCCCCC(=O)OCC(COC(=O)CCCCCCCCCCCC)OC(=O)CC/C=C\C/C=C\C/C=C\C/C=C\CC. The van der Waals surface area contributed by atoms with E-state index in [1.807, 2.05) is 12.2 Å². The zero-order valence-electron chi connectivity index (χ0n) is 40.1. The van der Waals surface area contributed by atoms with Gasteiger partial charge in [-0.3, -0.25) is 14.4 Å². The van der Waals surface area contributed by atoms with Gasteiger partial charge in [-0.1, -0.05) is 214 Å². The molecule has 0 aromatic rings. The van der Waals surface area contributed by atoms with Crippen LogP contribution < -0.4 is 0 Å². The minimum atomic E-state index is -0.816. The highest BCUT2D eigenvalue weighted by atomic mass is 16.6. The molecule has 6 heteroatoms. The molecule has 0 spiro atoms. The molecular formula is C56H92O6.